The second-order valence-electron chi connectivity index (χ2n) is 18.3. The number of hydrogen-bond donors (Lipinski definition) is 2. The summed E-state index contributed by atoms with van der Waals surface area (Å²) in [6.07, 6.45) is 5.14. The fourth-order valence-corrected chi connectivity index (χ4v) is 10.2. The molecule has 17 nitrogen and oxygen atoms in total. The van der Waals surface area contributed by atoms with E-state index in [1.165, 1.54) is 6.07 Å². The van der Waals surface area contributed by atoms with Crippen molar-refractivity contribution < 1.29 is 28.3 Å². The zero-order chi connectivity index (χ0) is 44.9. The Balaban J connectivity index is 1.00. The molecule has 11 rings (SSSR count). The Morgan fingerprint density at radius 3 is 2.49 bits per heavy atom. The van der Waals surface area contributed by atoms with Crippen LogP contribution in [0.5, 0.6) is 0 Å². The van der Waals surface area contributed by atoms with Crippen LogP contribution in [0.1, 0.15) is 54.5 Å². The number of morpholine rings is 1. The van der Waals surface area contributed by atoms with Crippen LogP contribution in [0.15, 0.2) is 84.0 Å². The van der Waals surface area contributed by atoms with Crippen LogP contribution < -0.4 is 21.4 Å². The minimum absolute atomic E-state index is 0.0873. The number of hydroxylamine groups is 1. The molecule has 65 heavy (non-hydrogen) atoms. The van der Waals surface area contributed by atoms with E-state index < -0.39 is 17.8 Å². The normalized spacial score (nSPS) is 21.5. The van der Waals surface area contributed by atoms with Gasteiger partial charge in [-0.05, 0) is 99.3 Å². The Morgan fingerprint density at radius 1 is 0.969 bits per heavy atom. The highest BCUT2D eigenvalue weighted by atomic mass is 19.1. The lowest BCUT2D eigenvalue weighted by Crippen LogP contribution is -2.49. The quantitative estimate of drug-likeness (QED) is 0.184. The number of benzene rings is 3. The third kappa shape index (κ3) is 6.72. The molecular weight excluding hydrogens is 834 g/mol. The Morgan fingerprint density at radius 2 is 1.74 bits per heavy atom. The number of fused-ring (bicyclic) bond motifs is 3. The first-order chi connectivity index (χ1) is 31.3. The predicted molar refractivity (Wildman–Crippen MR) is 239 cm³/mol. The number of ether oxygens (including phenoxy) is 2. The van der Waals surface area contributed by atoms with Crippen molar-refractivity contribution in [2.45, 2.75) is 70.9 Å². The smallest absolute Gasteiger partial charge is 0.383 e. The molecular formula is C47H50FN11O6. The highest BCUT2D eigenvalue weighted by Gasteiger charge is 2.62. The molecule has 3 aromatic carbocycles. The average Bonchev–Trinajstić information content (AvgIpc) is 3.93. The second kappa shape index (κ2) is 15.2. The van der Waals surface area contributed by atoms with E-state index in [-0.39, 0.29) is 35.5 Å². The first kappa shape index (κ1) is 41.0. The number of methoxy groups -OCH3 is 1. The van der Waals surface area contributed by atoms with E-state index in [0.717, 1.165) is 39.7 Å². The Bertz CT molecular complexity index is 3120. The van der Waals surface area contributed by atoms with Crippen molar-refractivity contribution in [3.05, 3.63) is 118 Å². The summed E-state index contributed by atoms with van der Waals surface area (Å²) in [4.78, 5) is 51.8. The molecule has 3 aliphatic heterocycles. The summed E-state index contributed by atoms with van der Waals surface area (Å²) in [5.41, 5.74) is 7.93. The minimum atomic E-state index is -0.694. The topological polar surface area (TPSA) is 160 Å². The molecule has 7 aromatic rings. The molecule has 2 N–H and O–H groups in total. The fraction of sp³-hybridized carbons (Fsp3) is 0.383. The number of aromatic nitrogens is 7. The average molecular weight is 884 g/mol. The number of nitrogens with zero attached hydrogens (tertiary/aromatic N) is 9. The van der Waals surface area contributed by atoms with Crippen LogP contribution in [-0.2, 0) is 39.4 Å². The molecule has 18 heteroatoms. The van der Waals surface area contributed by atoms with Gasteiger partial charge in [-0.2, -0.15) is 10.2 Å². The molecule has 1 saturated carbocycles. The number of nitrogens with one attached hydrogen (secondary N) is 2. The second-order valence-corrected chi connectivity index (χ2v) is 18.3. The van der Waals surface area contributed by atoms with E-state index in [1.54, 1.807) is 63.5 Å². The molecule has 1 unspecified atom stereocenters. The highest BCUT2D eigenvalue weighted by molar-refractivity contribution is 6.00. The largest absolute Gasteiger partial charge is 0.427 e. The van der Waals surface area contributed by atoms with E-state index in [1.807, 2.05) is 28.9 Å². The zero-order valence-electron chi connectivity index (χ0n) is 36.9. The molecule has 4 aliphatic rings. The summed E-state index contributed by atoms with van der Waals surface area (Å²) in [5, 5.41) is 14.3. The van der Waals surface area contributed by atoms with Gasteiger partial charge in [0.25, 0.3) is 5.91 Å². The molecule has 2 saturated heterocycles. The number of rotatable bonds is 10. The van der Waals surface area contributed by atoms with Crippen molar-refractivity contribution in [2.75, 3.05) is 44.9 Å². The van der Waals surface area contributed by atoms with Crippen LogP contribution in [0.3, 0.4) is 0 Å². The van der Waals surface area contributed by atoms with Gasteiger partial charge in [0.05, 0.1) is 66.2 Å². The van der Waals surface area contributed by atoms with E-state index in [0.29, 0.717) is 79.7 Å². The number of amides is 2. The molecule has 0 spiro atoms. The third-order valence-corrected chi connectivity index (χ3v) is 13.7. The van der Waals surface area contributed by atoms with E-state index in [2.05, 4.69) is 64.3 Å². The third-order valence-electron chi connectivity index (χ3n) is 13.7. The lowest BCUT2D eigenvalue weighted by Gasteiger charge is -2.39. The lowest BCUT2D eigenvalue weighted by atomic mass is 10.1. The Labute approximate surface area is 372 Å². The minimum Gasteiger partial charge on any atom is -0.383 e. The summed E-state index contributed by atoms with van der Waals surface area (Å²) in [6, 6.07) is 18.7. The monoisotopic (exact) mass is 883 g/mol. The number of halogens is 1. The maximum Gasteiger partial charge on any atom is 0.427 e. The zero-order valence-corrected chi connectivity index (χ0v) is 36.9. The summed E-state index contributed by atoms with van der Waals surface area (Å²) < 4.78 is 34.7. The van der Waals surface area contributed by atoms with Crippen molar-refractivity contribution in [3.8, 4) is 17.2 Å². The Kier molecular flexibility index (Phi) is 9.56. The van der Waals surface area contributed by atoms with Crippen LogP contribution in [0.25, 0.3) is 39.0 Å². The number of imidazole rings is 1. The molecule has 4 aromatic heterocycles. The van der Waals surface area contributed by atoms with Gasteiger partial charge in [-0.15, -0.1) is 5.48 Å². The van der Waals surface area contributed by atoms with Gasteiger partial charge in [-0.3, -0.25) is 23.9 Å². The maximum absolute atomic E-state index is 15.3. The Hall–Kier alpha value is -6.76. The predicted octanol–water partition coefficient (Wildman–Crippen LogP) is 5.33. The lowest BCUT2D eigenvalue weighted by molar-refractivity contribution is -0.0276. The number of hydrogen-bond acceptors (Lipinski definition) is 10. The van der Waals surface area contributed by atoms with E-state index in [4.69, 9.17) is 19.4 Å². The summed E-state index contributed by atoms with van der Waals surface area (Å²) in [7, 11) is 1.65. The summed E-state index contributed by atoms with van der Waals surface area (Å²) >= 11 is 0. The van der Waals surface area contributed by atoms with Crippen molar-refractivity contribution in [1.82, 2.24) is 49.0 Å². The van der Waals surface area contributed by atoms with Gasteiger partial charge < -0.3 is 28.7 Å². The SMILES string of the molecule is COCCn1ncc2cc(-n3ccn(-c4c5c(nn4-c4ccc(F)c(C)c4)CCN(C(=O)c4cc6cc(N7CCOC(C)(C)C7)ccc6n4[C@@]4(C6NOC(=O)N6)C[C@@H]4C)C5)c3=O)ccc21. The van der Waals surface area contributed by atoms with Gasteiger partial charge in [-0.1, -0.05) is 6.92 Å². The standard InChI is InChI=1S/C47H50FN11O6/c1-28-20-34(6-9-36(28)48)59-41(56-15-14-55(45(56)62)33-8-10-38-31(22-33)25-49-57(38)17-18-63-5)35-26-53(13-12-37(35)51-59)42(60)40-23-30-21-32(54-16-19-64-46(3,4)27-54)7-11-39(30)58(40)47(24-29(47)2)43-50-44(61)65-52-43/h6-11,14-15,20-23,25,29,43,52H,12-13,16-19,24,26-27H2,1-5H3,(H,50,61)/t29-,43?,47-/m0/s1. The van der Waals surface area contributed by atoms with Crippen LogP contribution in [0.2, 0.25) is 0 Å². The van der Waals surface area contributed by atoms with Crippen LogP contribution in [0, 0.1) is 18.7 Å². The number of anilines is 1. The van der Waals surface area contributed by atoms with Gasteiger partial charge in [0.1, 0.15) is 23.5 Å². The van der Waals surface area contributed by atoms with Crippen LogP contribution >= 0.6 is 0 Å². The molecule has 7 heterocycles. The van der Waals surface area contributed by atoms with Gasteiger partial charge in [0, 0.05) is 73.1 Å². The molecule has 336 valence electrons. The van der Waals surface area contributed by atoms with Crippen molar-refractivity contribution in [1.29, 1.82) is 0 Å². The van der Waals surface area contributed by atoms with Crippen molar-refractivity contribution in [3.63, 3.8) is 0 Å². The first-order valence-corrected chi connectivity index (χ1v) is 22.0. The van der Waals surface area contributed by atoms with Gasteiger partial charge >= 0.3 is 11.8 Å². The first-order valence-electron chi connectivity index (χ1n) is 22.0. The van der Waals surface area contributed by atoms with E-state index in [9.17, 15) is 14.0 Å². The molecule has 1 aliphatic carbocycles. The van der Waals surface area contributed by atoms with Gasteiger partial charge in [0.15, 0.2) is 0 Å². The molecule has 3 fully saturated rings. The molecule has 3 atom stereocenters. The fourth-order valence-electron chi connectivity index (χ4n) is 10.2. The van der Waals surface area contributed by atoms with Crippen LogP contribution in [-0.4, -0.2) is 102 Å². The number of carbonyl (C=O) groups excluding carboxylic acids is 2. The summed E-state index contributed by atoms with van der Waals surface area (Å²) in [5.74, 6) is -0.0117. The van der Waals surface area contributed by atoms with Gasteiger partial charge in [0.2, 0.25) is 0 Å². The molecule has 2 amide bonds. The van der Waals surface area contributed by atoms with Crippen molar-refractivity contribution in [2.24, 2.45) is 5.92 Å². The molecule has 0 bridgehead atoms. The number of carbonyl (C=O) groups is 2. The van der Waals surface area contributed by atoms with Crippen molar-refractivity contribution >= 4 is 39.5 Å². The van der Waals surface area contributed by atoms with Gasteiger partial charge in [-0.25, -0.2) is 18.7 Å². The highest BCUT2D eigenvalue weighted by Crippen LogP contribution is 2.55. The maximum atomic E-state index is 15.3. The summed E-state index contributed by atoms with van der Waals surface area (Å²) in [6.45, 7) is 11.6. The molecule has 0 radical (unpaired) electrons. The number of aryl methyl sites for hydroxylation is 1. The van der Waals surface area contributed by atoms with Crippen LogP contribution in [0.4, 0.5) is 14.9 Å². The van der Waals surface area contributed by atoms with E-state index >= 15 is 4.79 Å².